The summed E-state index contributed by atoms with van der Waals surface area (Å²) in [4.78, 5) is 21.2. The van der Waals surface area contributed by atoms with Crippen molar-refractivity contribution in [2.24, 2.45) is 0 Å². The molecule has 0 radical (unpaired) electrons. The molecular formula is C18H15ClFN3OS. The van der Waals surface area contributed by atoms with E-state index in [1.807, 2.05) is 31.2 Å². The van der Waals surface area contributed by atoms with E-state index >= 15 is 0 Å². The third-order valence-electron chi connectivity index (χ3n) is 3.53. The van der Waals surface area contributed by atoms with Crippen LogP contribution >= 0.6 is 23.4 Å². The smallest absolute Gasteiger partial charge is 0.237 e. The standard InChI is InChI=1S/C18H15ClFN3OS/c1-10(17(24)23-16-8-7-12(19)9-14(16)20)25-18-13-5-3-4-6-15(13)21-11(2)22-18/h3-10H,1-2H3,(H,23,24)/t10-/m0/s1. The minimum absolute atomic E-state index is 0.102. The number of anilines is 1. The molecule has 0 bridgehead atoms. The molecule has 0 fully saturated rings. The van der Waals surface area contributed by atoms with Crippen LogP contribution in [-0.4, -0.2) is 21.1 Å². The molecule has 0 saturated carbocycles. The highest BCUT2D eigenvalue weighted by molar-refractivity contribution is 8.00. The van der Waals surface area contributed by atoms with Gasteiger partial charge < -0.3 is 5.32 Å². The molecule has 0 unspecified atom stereocenters. The van der Waals surface area contributed by atoms with E-state index in [0.29, 0.717) is 5.82 Å². The van der Waals surface area contributed by atoms with Gasteiger partial charge in [0.1, 0.15) is 16.7 Å². The molecule has 7 heteroatoms. The van der Waals surface area contributed by atoms with Crippen LogP contribution in [-0.2, 0) is 4.79 Å². The first-order valence-corrected chi connectivity index (χ1v) is 8.86. The minimum Gasteiger partial charge on any atom is -0.323 e. The second-order valence-electron chi connectivity index (χ2n) is 5.47. The van der Waals surface area contributed by atoms with Gasteiger partial charge in [-0.05, 0) is 38.1 Å². The molecule has 1 heterocycles. The maximum Gasteiger partial charge on any atom is 0.237 e. The van der Waals surface area contributed by atoms with Crippen molar-refractivity contribution in [1.82, 2.24) is 9.97 Å². The first-order valence-electron chi connectivity index (χ1n) is 7.60. The molecule has 1 amide bonds. The monoisotopic (exact) mass is 375 g/mol. The second-order valence-corrected chi connectivity index (χ2v) is 7.23. The maximum atomic E-state index is 13.8. The van der Waals surface area contributed by atoms with E-state index in [1.165, 1.54) is 23.9 Å². The Morgan fingerprint density at radius 2 is 2.00 bits per heavy atom. The van der Waals surface area contributed by atoms with Crippen LogP contribution in [0, 0.1) is 12.7 Å². The Hall–Kier alpha value is -2.18. The summed E-state index contributed by atoms with van der Waals surface area (Å²) in [6.45, 7) is 3.56. The van der Waals surface area contributed by atoms with Crippen molar-refractivity contribution in [2.75, 3.05) is 5.32 Å². The van der Waals surface area contributed by atoms with Gasteiger partial charge in [-0.15, -0.1) is 0 Å². The van der Waals surface area contributed by atoms with Crippen LogP contribution in [0.2, 0.25) is 5.02 Å². The number of para-hydroxylation sites is 1. The maximum absolute atomic E-state index is 13.8. The summed E-state index contributed by atoms with van der Waals surface area (Å²) in [6.07, 6.45) is 0. The fourth-order valence-corrected chi connectivity index (χ4v) is 3.44. The number of nitrogens with one attached hydrogen (secondary N) is 1. The van der Waals surface area contributed by atoms with E-state index in [2.05, 4.69) is 15.3 Å². The van der Waals surface area contributed by atoms with Gasteiger partial charge in [-0.25, -0.2) is 14.4 Å². The van der Waals surface area contributed by atoms with Crippen molar-refractivity contribution in [3.05, 3.63) is 59.1 Å². The average molecular weight is 376 g/mol. The highest BCUT2D eigenvalue weighted by Crippen LogP contribution is 2.29. The zero-order valence-electron chi connectivity index (χ0n) is 13.6. The molecule has 3 rings (SSSR count). The third-order valence-corrected chi connectivity index (χ3v) is 4.86. The van der Waals surface area contributed by atoms with Crippen molar-refractivity contribution in [3.8, 4) is 0 Å². The number of rotatable bonds is 4. The number of carbonyl (C=O) groups excluding carboxylic acids is 1. The van der Waals surface area contributed by atoms with E-state index in [1.54, 1.807) is 6.92 Å². The molecule has 1 N–H and O–H groups in total. The number of hydrogen-bond donors (Lipinski definition) is 1. The average Bonchev–Trinajstić information content (AvgIpc) is 2.57. The zero-order chi connectivity index (χ0) is 18.0. The lowest BCUT2D eigenvalue weighted by Gasteiger charge is -2.13. The van der Waals surface area contributed by atoms with E-state index in [-0.39, 0.29) is 16.6 Å². The summed E-state index contributed by atoms with van der Waals surface area (Å²) in [7, 11) is 0. The molecule has 25 heavy (non-hydrogen) atoms. The van der Waals surface area contributed by atoms with Gasteiger partial charge in [0.15, 0.2) is 0 Å². The zero-order valence-corrected chi connectivity index (χ0v) is 15.2. The number of hydrogen-bond acceptors (Lipinski definition) is 4. The second kappa shape index (κ2) is 7.37. The molecule has 0 saturated heterocycles. The van der Waals surface area contributed by atoms with E-state index in [0.717, 1.165) is 22.0 Å². The molecule has 2 aromatic carbocycles. The van der Waals surface area contributed by atoms with Crippen LogP contribution in [0.5, 0.6) is 0 Å². The highest BCUT2D eigenvalue weighted by atomic mass is 35.5. The van der Waals surface area contributed by atoms with Crippen molar-refractivity contribution in [3.63, 3.8) is 0 Å². The lowest BCUT2D eigenvalue weighted by Crippen LogP contribution is -2.23. The molecule has 0 aliphatic rings. The van der Waals surface area contributed by atoms with E-state index in [9.17, 15) is 9.18 Å². The Balaban J connectivity index is 1.80. The highest BCUT2D eigenvalue weighted by Gasteiger charge is 2.18. The van der Waals surface area contributed by atoms with Crippen LogP contribution in [0.3, 0.4) is 0 Å². The molecule has 0 spiro atoms. The fourth-order valence-electron chi connectivity index (χ4n) is 2.29. The largest absolute Gasteiger partial charge is 0.323 e. The topological polar surface area (TPSA) is 54.9 Å². The van der Waals surface area contributed by atoms with Crippen molar-refractivity contribution in [2.45, 2.75) is 24.1 Å². The molecule has 0 aliphatic carbocycles. The van der Waals surface area contributed by atoms with Crippen molar-refractivity contribution < 1.29 is 9.18 Å². The van der Waals surface area contributed by atoms with Crippen LogP contribution < -0.4 is 5.32 Å². The molecular weight excluding hydrogens is 361 g/mol. The predicted octanol–water partition coefficient (Wildman–Crippen LogP) is 4.85. The van der Waals surface area contributed by atoms with Crippen LogP contribution in [0.15, 0.2) is 47.5 Å². The van der Waals surface area contributed by atoms with Gasteiger partial charge in [0.2, 0.25) is 5.91 Å². The number of thioether (sulfide) groups is 1. The lowest BCUT2D eigenvalue weighted by molar-refractivity contribution is -0.115. The quantitative estimate of drug-likeness (QED) is 0.523. The number of halogens is 2. The van der Waals surface area contributed by atoms with Crippen LogP contribution in [0.1, 0.15) is 12.7 Å². The molecule has 1 atom stereocenters. The van der Waals surface area contributed by atoms with Gasteiger partial charge in [0.05, 0.1) is 16.5 Å². The first kappa shape index (κ1) is 17.6. The third kappa shape index (κ3) is 4.08. The molecule has 4 nitrogen and oxygen atoms in total. The summed E-state index contributed by atoms with van der Waals surface area (Å²) in [6, 6.07) is 11.8. The summed E-state index contributed by atoms with van der Waals surface area (Å²) in [5.41, 5.74) is 0.930. The van der Waals surface area contributed by atoms with Gasteiger partial charge in [-0.3, -0.25) is 4.79 Å². The Labute approximate surface area is 153 Å². The van der Waals surface area contributed by atoms with Crippen molar-refractivity contribution in [1.29, 1.82) is 0 Å². The number of aryl methyl sites for hydroxylation is 1. The predicted molar refractivity (Wildman–Crippen MR) is 99.6 cm³/mol. The SMILES string of the molecule is Cc1nc(S[C@@H](C)C(=O)Nc2ccc(Cl)cc2F)c2ccccc2n1. The van der Waals surface area contributed by atoms with Gasteiger partial charge >= 0.3 is 0 Å². The number of carbonyl (C=O) groups is 1. The molecule has 1 aromatic heterocycles. The van der Waals surface area contributed by atoms with Gasteiger partial charge in [-0.1, -0.05) is 41.6 Å². The summed E-state index contributed by atoms with van der Waals surface area (Å²) < 4.78 is 13.8. The van der Waals surface area contributed by atoms with Crippen LogP contribution in [0.25, 0.3) is 10.9 Å². The number of benzene rings is 2. The van der Waals surface area contributed by atoms with E-state index in [4.69, 9.17) is 11.6 Å². The number of amides is 1. The molecule has 3 aromatic rings. The summed E-state index contributed by atoms with van der Waals surface area (Å²) in [5, 5.41) is 4.01. The number of fused-ring (bicyclic) bond motifs is 1. The number of aromatic nitrogens is 2. The van der Waals surface area contributed by atoms with Gasteiger partial charge in [-0.2, -0.15) is 0 Å². The Morgan fingerprint density at radius 1 is 1.24 bits per heavy atom. The summed E-state index contributed by atoms with van der Waals surface area (Å²) >= 11 is 7.03. The van der Waals surface area contributed by atoms with E-state index < -0.39 is 11.1 Å². The summed E-state index contributed by atoms with van der Waals surface area (Å²) in [5.74, 6) is -0.245. The van der Waals surface area contributed by atoms with Gasteiger partial charge in [0, 0.05) is 10.4 Å². The fraction of sp³-hybridized carbons (Fsp3) is 0.167. The Kier molecular flexibility index (Phi) is 5.20. The number of nitrogens with zero attached hydrogens (tertiary/aromatic N) is 2. The molecule has 0 aliphatic heterocycles. The lowest BCUT2D eigenvalue weighted by atomic mass is 10.2. The Morgan fingerprint density at radius 3 is 2.76 bits per heavy atom. The Bertz CT molecular complexity index is 951. The normalized spacial score (nSPS) is 12.2. The van der Waals surface area contributed by atoms with Crippen molar-refractivity contribution >= 4 is 45.9 Å². The molecule has 128 valence electrons. The first-order chi connectivity index (χ1) is 11.9. The van der Waals surface area contributed by atoms with Crippen LogP contribution in [0.4, 0.5) is 10.1 Å². The van der Waals surface area contributed by atoms with Gasteiger partial charge in [0.25, 0.3) is 0 Å². The minimum atomic E-state index is -0.568.